The zero-order chi connectivity index (χ0) is 26.6. The van der Waals surface area contributed by atoms with E-state index in [2.05, 4.69) is 31.2 Å². The van der Waals surface area contributed by atoms with Gasteiger partial charge >= 0.3 is 0 Å². The normalized spacial score (nSPS) is 16.7. The van der Waals surface area contributed by atoms with E-state index in [1.165, 1.54) is 0 Å². The Morgan fingerprint density at radius 3 is 2.55 bits per heavy atom. The molecule has 1 fully saturated rings. The molecule has 0 spiro atoms. The van der Waals surface area contributed by atoms with Crippen LogP contribution in [-0.2, 0) is 4.79 Å². The Morgan fingerprint density at radius 1 is 1.03 bits per heavy atom. The second-order valence-electron chi connectivity index (χ2n) is 8.76. The van der Waals surface area contributed by atoms with E-state index in [0.717, 1.165) is 28.5 Å². The number of anilines is 2. The Kier molecular flexibility index (Phi) is 7.28. The molecule has 0 bridgehead atoms. The molecule has 2 N–H and O–H groups in total. The standard InChI is InChI=1S/C29H29N5O3S/c1-4-26(35)31-20-15-14-19(18-25(20)37-3)34-28(27(32-29(34)38)21-10-7-8-16-30-21)23-12-9-17-33(23)22-11-5-6-13-24(22)36-2/h5-18,27-28H,4H2,1-3H3,(H,31,35)(H,32,38). The van der Waals surface area contributed by atoms with E-state index in [9.17, 15) is 4.79 Å². The molecule has 1 saturated heterocycles. The molecule has 0 saturated carbocycles. The number of nitrogens with zero attached hydrogens (tertiary/aromatic N) is 3. The number of carbonyl (C=O) groups is 1. The zero-order valence-electron chi connectivity index (χ0n) is 21.4. The van der Waals surface area contributed by atoms with Crippen LogP contribution in [0.4, 0.5) is 11.4 Å². The lowest BCUT2D eigenvalue weighted by molar-refractivity contribution is -0.115. The minimum atomic E-state index is -0.252. The molecule has 3 heterocycles. The smallest absolute Gasteiger partial charge is 0.224 e. The van der Waals surface area contributed by atoms with Gasteiger partial charge in [-0.1, -0.05) is 25.1 Å². The molecule has 194 valence electrons. The molecule has 38 heavy (non-hydrogen) atoms. The van der Waals surface area contributed by atoms with Crippen molar-refractivity contribution < 1.29 is 14.3 Å². The van der Waals surface area contributed by atoms with Crippen LogP contribution in [0.25, 0.3) is 5.69 Å². The van der Waals surface area contributed by atoms with Crippen molar-refractivity contribution in [1.29, 1.82) is 0 Å². The van der Waals surface area contributed by atoms with Gasteiger partial charge in [0, 0.05) is 36.3 Å². The van der Waals surface area contributed by atoms with Crippen LogP contribution >= 0.6 is 12.2 Å². The van der Waals surface area contributed by atoms with Gasteiger partial charge in [-0.05, 0) is 60.7 Å². The highest BCUT2D eigenvalue weighted by Crippen LogP contribution is 2.44. The highest BCUT2D eigenvalue weighted by Gasteiger charge is 2.42. The number of aromatic nitrogens is 2. The second-order valence-corrected chi connectivity index (χ2v) is 9.14. The molecule has 5 rings (SSSR count). The van der Waals surface area contributed by atoms with Gasteiger partial charge in [-0.3, -0.25) is 9.78 Å². The Labute approximate surface area is 227 Å². The van der Waals surface area contributed by atoms with E-state index >= 15 is 0 Å². The van der Waals surface area contributed by atoms with Crippen molar-refractivity contribution in [3.8, 4) is 17.2 Å². The first-order valence-corrected chi connectivity index (χ1v) is 12.8. The number of rotatable bonds is 8. The lowest BCUT2D eigenvalue weighted by atomic mass is 10.0. The number of carbonyl (C=O) groups excluding carboxylic acids is 1. The first-order chi connectivity index (χ1) is 18.5. The fourth-order valence-corrected chi connectivity index (χ4v) is 5.13. The number of thiocarbonyl (C=S) groups is 1. The number of methoxy groups -OCH3 is 2. The first-order valence-electron chi connectivity index (χ1n) is 12.3. The highest BCUT2D eigenvalue weighted by molar-refractivity contribution is 7.80. The molecule has 2 aromatic heterocycles. The maximum absolute atomic E-state index is 12.0. The maximum atomic E-state index is 12.0. The second kappa shape index (κ2) is 10.9. The van der Waals surface area contributed by atoms with Gasteiger partial charge in [0.1, 0.15) is 17.5 Å². The summed E-state index contributed by atoms with van der Waals surface area (Å²) in [5.41, 5.74) is 4.22. The summed E-state index contributed by atoms with van der Waals surface area (Å²) in [5.74, 6) is 1.22. The van der Waals surface area contributed by atoms with Crippen LogP contribution in [-0.4, -0.2) is 34.8 Å². The molecular weight excluding hydrogens is 498 g/mol. The predicted octanol–water partition coefficient (Wildman–Crippen LogP) is 5.42. The summed E-state index contributed by atoms with van der Waals surface area (Å²) in [5, 5.41) is 6.96. The molecule has 1 amide bonds. The van der Waals surface area contributed by atoms with E-state index in [-0.39, 0.29) is 18.0 Å². The van der Waals surface area contributed by atoms with Gasteiger partial charge in [-0.15, -0.1) is 0 Å². The van der Waals surface area contributed by atoms with Crippen LogP contribution < -0.4 is 25.0 Å². The van der Waals surface area contributed by atoms with Crippen LogP contribution in [0.3, 0.4) is 0 Å². The summed E-state index contributed by atoms with van der Waals surface area (Å²) in [7, 11) is 3.25. The summed E-state index contributed by atoms with van der Waals surface area (Å²) in [6.45, 7) is 1.81. The highest BCUT2D eigenvalue weighted by atomic mass is 32.1. The number of hydrogen-bond donors (Lipinski definition) is 2. The van der Waals surface area contributed by atoms with Gasteiger partial charge in [-0.25, -0.2) is 0 Å². The summed E-state index contributed by atoms with van der Waals surface area (Å²) in [6.07, 6.45) is 4.18. The number of nitrogens with one attached hydrogen (secondary N) is 2. The van der Waals surface area contributed by atoms with Gasteiger partial charge < -0.3 is 29.6 Å². The van der Waals surface area contributed by atoms with Crippen molar-refractivity contribution in [3.05, 3.63) is 96.6 Å². The summed E-state index contributed by atoms with van der Waals surface area (Å²) < 4.78 is 13.4. The quantitative estimate of drug-likeness (QED) is 0.296. The third-order valence-corrected chi connectivity index (χ3v) is 6.90. The van der Waals surface area contributed by atoms with E-state index in [0.29, 0.717) is 23.0 Å². The van der Waals surface area contributed by atoms with Gasteiger partial charge in [0.15, 0.2) is 5.11 Å². The number of para-hydroxylation sites is 2. The Bertz CT molecular complexity index is 1460. The lowest BCUT2D eigenvalue weighted by Crippen LogP contribution is -2.30. The molecule has 2 unspecified atom stereocenters. The van der Waals surface area contributed by atoms with Crippen LogP contribution in [0.15, 0.2) is 85.2 Å². The summed E-state index contributed by atoms with van der Waals surface area (Å²) in [6, 6.07) is 23.1. The van der Waals surface area contributed by atoms with Gasteiger partial charge in [0.2, 0.25) is 5.91 Å². The number of amides is 1. The van der Waals surface area contributed by atoms with Crippen molar-refractivity contribution in [2.24, 2.45) is 0 Å². The van der Waals surface area contributed by atoms with Crippen LogP contribution in [0.2, 0.25) is 0 Å². The SMILES string of the molecule is CCC(=O)Nc1ccc(N2C(=S)NC(c3ccccn3)C2c2cccn2-c2ccccc2OC)cc1OC. The monoisotopic (exact) mass is 527 g/mol. The van der Waals surface area contributed by atoms with E-state index in [4.69, 9.17) is 21.7 Å². The Morgan fingerprint density at radius 2 is 1.82 bits per heavy atom. The molecule has 0 aliphatic carbocycles. The molecule has 2 atom stereocenters. The van der Waals surface area contributed by atoms with Crippen molar-refractivity contribution in [1.82, 2.24) is 14.9 Å². The van der Waals surface area contributed by atoms with Gasteiger partial charge in [0.25, 0.3) is 0 Å². The maximum Gasteiger partial charge on any atom is 0.224 e. The van der Waals surface area contributed by atoms with E-state index in [1.807, 2.05) is 79.9 Å². The van der Waals surface area contributed by atoms with Crippen molar-refractivity contribution in [2.45, 2.75) is 25.4 Å². The number of ether oxygens (including phenoxy) is 2. The van der Waals surface area contributed by atoms with Crippen molar-refractivity contribution >= 4 is 34.6 Å². The summed E-state index contributed by atoms with van der Waals surface area (Å²) in [4.78, 5) is 18.8. The lowest BCUT2D eigenvalue weighted by Gasteiger charge is -2.29. The minimum Gasteiger partial charge on any atom is -0.495 e. The topological polar surface area (TPSA) is 80.7 Å². The van der Waals surface area contributed by atoms with Crippen LogP contribution in [0, 0.1) is 0 Å². The number of benzene rings is 2. The van der Waals surface area contributed by atoms with E-state index < -0.39 is 0 Å². The van der Waals surface area contributed by atoms with Gasteiger partial charge in [0.05, 0.1) is 37.3 Å². The predicted molar refractivity (Wildman–Crippen MR) is 152 cm³/mol. The summed E-state index contributed by atoms with van der Waals surface area (Å²) >= 11 is 5.90. The fourth-order valence-electron chi connectivity index (χ4n) is 4.79. The number of hydrogen-bond acceptors (Lipinski definition) is 5. The van der Waals surface area contributed by atoms with Crippen molar-refractivity contribution in [2.75, 3.05) is 24.4 Å². The molecule has 1 aliphatic heterocycles. The minimum absolute atomic E-state index is 0.0860. The fraction of sp³-hybridized carbons (Fsp3) is 0.207. The largest absolute Gasteiger partial charge is 0.495 e. The van der Waals surface area contributed by atoms with Crippen LogP contribution in [0.5, 0.6) is 11.5 Å². The van der Waals surface area contributed by atoms with Crippen molar-refractivity contribution in [3.63, 3.8) is 0 Å². The van der Waals surface area contributed by atoms with E-state index in [1.54, 1.807) is 20.4 Å². The molecular formula is C29H29N5O3S. The van der Waals surface area contributed by atoms with Crippen LogP contribution in [0.1, 0.15) is 36.8 Å². The molecule has 4 aromatic rings. The molecule has 1 aliphatic rings. The Balaban J connectivity index is 1.64. The molecule has 0 radical (unpaired) electrons. The molecule has 2 aromatic carbocycles. The molecule has 8 nitrogen and oxygen atoms in total. The average Bonchev–Trinajstić information content (AvgIpc) is 3.57. The third kappa shape index (κ3) is 4.68. The first kappa shape index (κ1) is 25.3. The average molecular weight is 528 g/mol. The third-order valence-electron chi connectivity index (χ3n) is 6.58. The number of pyridine rings is 1. The molecule has 9 heteroatoms. The zero-order valence-corrected chi connectivity index (χ0v) is 22.2. The Hall–Kier alpha value is -4.37. The van der Waals surface area contributed by atoms with Gasteiger partial charge in [-0.2, -0.15) is 0 Å².